The fourth-order valence-electron chi connectivity index (χ4n) is 1.61. The molecule has 11 nitrogen and oxygen atoms in total. The summed E-state index contributed by atoms with van der Waals surface area (Å²) in [6, 6.07) is 0. The van der Waals surface area contributed by atoms with E-state index in [0.717, 1.165) is 0 Å². The molecule has 0 aliphatic rings. The number of carboxylic acid groups (broad SMARTS) is 4. The third-order valence-corrected chi connectivity index (χ3v) is 2.45. The van der Waals surface area contributed by atoms with E-state index >= 15 is 0 Å². The first-order valence-corrected chi connectivity index (χ1v) is 6.68. The number of likely N-dealkylation sites (N-methyl/N-ethyl adjacent to an activating group) is 1. The van der Waals surface area contributed by atoms with E-state index in [0.29, 0.717) is 11.0 Å². The topological polar surface area (TPSA) is 190 Å². The summed E-state index contributed by atoms with van der Waals surface area (Å²) in [6.45, 7) is 0.465. The van der Waals surface area contributed by atoms with Crippen LogP contribution in [0.2, 0.25) is 0 Å². The van der Waals surface area contributed by atoms with Crippen LogP contribution in [0.15, 0.2) is 0 Å². The Morgan fingerprint density at radius 3 is 1.46 bits per heavy atom. The van der Waals surface area contributed by atoms with Crippen molar-refractivity contribution in [2.75, 3.05) is 27.7 Å². The Bertz CT molecular complexity index is 452. The zero-order chi connectivity index (χ0) is 19.7. The molecule has 0 radical (unpaired) electrons. The molecule has 0 fully saturated rings. The average molecular weight is 354 g/mol. The van der Waals surface area contributed by atoms with Gasteiger partial charge in [-0.3, -0.25) is 14.4 Å². The molecule has 0 unspecified atom stereocenters. The highest BCUT2D eigenvalue weighted by atomic mass is 16.4. The number of quaternary nitrogens is 1. The molecule has 0 aliphatic heterocycles. The number of aliphatic hydroxyl groups is 2. The van der Waals surface area contributed by atoms with Crippen molar-refractivity contribution in [3.63, 3.8) is 0 Å². The second kappa shape index (κ2) is 9.80. The number of hydrogen-bond donors (Lipinski definition) is 6. The maximum atomic E-state index is 10.3. The summed E-state index contributed by atoms with van der Waals surface area (Å²) < 4.78 is 0.578. The van der Waals surface area contributed by atoms with Gasteiger partial charge in [-0.05, 0) is 0 Å². The molecule has 0 aromatic heterocycles. The van der Waals surface area contributed by atoms with Crippen LogP contribution in [0.1, 0.15) is 19.3 Å². The molecule has 0 saturated heterocycles. The SMILES string of the molecule is C[N+](C)(C)C[C@H](O)CC(=O)O.O=C(O)CC(O)(CC(=O)O)C(=O)O. The largest absolute Gasteiger partial charge is 0.481 e. The monoisotopic (exact) mass is 354 g/mol. The fourth-order valence-corrected chi connectivity index (χ4v) is 1.61. The molecule has 0 aliphatic carbocycles. The molecule has 0 heterocycles. The Morgan fingerprint density at radius 2 is 1.25 bits per heavy atom. The third-order valence-electron chi connectivity index (χ3n) is 2.45. The van der Waals surface area contributed by atoms with Crippen LogP contribution in [0.3, 0.4) is 0 Å². The standard InChI is InChI=1S/C7H15NO3.C6H8O7/c1-8(2,3)5-6(9)4-7(10)11;7-3(8)1-6(13,5(11)12)2-4(9)10/h6,9H,4-5H2,1-3H3;13H,1-2H2,(H,7,8)(H,9,10)(H,11,12)/p+1/t6-;/m1./s1. The minimum absolute atomic E-state index is 0.171. The summed E-state index contributed by atoms with van der Waals surface area (Å²) >= 11 is 0. The minimum atomic E-state index is -2.74. The maximum Gasteiger partial charge on any atom is 0.336 e. The lowest BCUT2D eigenvalue weighted by molar-refractivity contribution is -0.873. The van der Waals surface area contributed by atoms with Gasteiger partial charge in [0.1, 0.15) is 12.6 Å². The first-order valence-electron chi connectivity index (χ1n) is 6.68. The van der Waals surface area contributed by atoms with E-state index in [2.05, 4.69) is 0 Å². The van der Waals surface area contributed by atoms with Crippen molar-refractivity contribution in [3.05, 3.63) is 0 Å². The van der Waals surface area contributed by atoms with Crippen LogP contribution in [0.25, 0.3) is 0 Å². The van der Waals surface area contributed by atoms with E-state index in [1.165, 1.54) is 0 Å². The van der Waals surface area contributed by atoms with E-state index in [4.69, 9.17) is 30.6 Å². The van der Waals surface area contributed by atoms with Crippen LogP contribution in [-0.2, 0) is 19.2 Å². The van der Waals surface area contributed by atoms with Crippen molar-refractivity contribution in [2.24, 2.45) is 0 Å². The summed E-state index contributed by atoms with van der Waals surface area (Å²) in [6.07, 6.45) is -3.20. The minimum Gasteiger partial charge on any atom is -0.481 e. The number of nitrogens with zero attached hydrogens (tertiary/aromatic N) is 1. The van der Waals surface area contributed by atoms with Gasteiger partial charge in [-0.15, -0.1) is 0 Å². The molecule has 0 saturated carbocycles. The normalized spacial score (nSPS) is 12.5. The first-order chi connectivity index (χ1) is 10.6. The highest BCUT2D eigenvalue weighted by molar-refractivity contribution is 5.88. The van der Waals surface area contributed by atoms with Crippen LogP contribution in [-0.4, -0.2) is 98.4 Å². The second-order valence-corrected chi connectivity index (χ2v) is 6.20. The van der Waals surface area contributed by atoms with Gasteiger partial charge in [0, 0.05) is 0 Å². The quantitative estimate of drug-likeness (QED) is 0.260. The van der Waals surface area contributed by atoms with Gasteiger partial charge in [-0.25, -0.2) is 4.79 Å². The third kappa shape index (κ3) is 13.4. The van der Waals surface area contributed by atoms with Crippen molar-refractivity contribution in [1.29, 1.82) is 0 Å². The fraction of sp³-hybridized carbons (Fsp3) is 0.692. The molecular formula is C13H24NO10+. The molecule has 0 spiro atoms. The molecular weight excluding hydrogens is 330 g/mol. The molecule has 0 rings (SSSR count). The van der Waals surface area contributed by atoms with Gasteiger partial charge >= 0.3 is 23.9 Å². The number of carbonyl (C=O) groups is 4. The van der Waals surface area contributed by atoms with Crippen LogP contribution in [0.4, 0.5) is 0 Å². The zero-order valence-electron chi connectivity index (χ0n) is 13.7. The van der Waals surface area contributed by atoms with E-state index in [-0.39, 0.29) is 6.42 Å². The summed E-state index contributed by atoms with van der Waals surface area (Å²) in [5, 5.41) is 51.3. The Labute approximate surface area is 138 Å². The molecule has 0 aromatic carbocycles. The van der Waals surface area contributed by atoms with Gasteiger partial charge in [-0.1, -0.05) is 0 Å². The van der Waals surface area contributed by atoms with Crippen LogP contribution < -0.4 is 0 Å². The van der Waals surface area contributed by atoms with Crippen molar-refractivity contribution in [2.45, 2.75) is 31.0 Å². The van der Waals surface area contributed by atoms with Gasteiger partial charge in [0.25, 0.3) is 0 Å². The lowest BCUT2D eigenvalue weighted by Gasteiger charge is -2.25. The highest BCUT2D eigenvalue weighted by Gasteiger charge is 2.40. The van der Waals surface area contributed by atoms with Crippen molar-refractivity contribution < 1.29 is 54.3 Å². The van der Waals surface area contributed by atoms with Gasteiger partial charge in [0.05, 0.1) is 40.4 Å². The number of hydrogen-bond acceptors (Lipinski definition) is 6. The molecule has 0 bridgehead atoms. The summed E-state index contributed by atoms with van der Waals surface area (Å²) in [4.78, 5) is 40.6. The average Bonchev–Trinajstić information content (AvgIpc) is 2.22. The highest BCUT2D eigenvalue weighted by Crippen LogP contribution is 2.15. The Morgan fingerprint density at radius 1 is 0.875 bits per heavy atom. The van der Waals surface area contributed by atoms with Crippen molar-refractivity contribution in [3.8, 4) is 0 Å². The molecule has 0 aromatic rings. The molecule has 11 heteroatoms. The number of aliphatic carboxylic acids is 4. The van der Waals surface area contributed by atoms with E-state index < -0.39 is 48.4 Å². The predicted molar refractivity (Wildman–Crippen MR) is 78.3 cm³/mol. The van der Waals surface area contributed by atoms with Crippen molar-refractivity contribution >= 4 is 23.9 Å². The summed E-state index contributed by atoms with van der Waals surface area (Å²) in [7, 11) is 5.72. The second-order valence-electron chi connectivity index (χ2n) is 6.20. The summed E-state index contributed by atoms with van der Waals surface area (Å²) in [5.74, 6) is -5.97. The van der Waals surface area contributed by atoms with Crippen molar-refractivity contribution in [1.82, 2.24) is 0 Å². The zero-order valence-corrected chi connectivity index (χ0v) is 13.7. The van der Waals surface area contributed by atoms with Crippen LogP contribution in [0, 0.1) is 0 Å². The van der Waals surface area contributed by atoms with E-state index in [1.54, 1.807) is 0 Å². The summed E-state index contributed by atoms with van der Waals surface area (Å²) in [5.41, 5.74) is -2.74. The number of carboxylic acids is 4. The maximum absolute atomic E-state index is 10.3. The lowest BCUT2D eigenvalue weighted by Crippen LogP contribution is -2.42. The molecule has 1 atom stereocenters. The Hall–Kier alpha value is -2.24. The van der Waals surface area contributed by atoms with Crippen LogP contribution >= 0.6 is 0 Å². The number of rotatable bonds is 9. The first kappa shape index (κ1) is 24.0. The number of aliphatic hydroxyl groups excluding tert-OH is 1. The molecule has 24 heavy (non-hydrogen) atoms. The van der Waals surface area contributed by atoms with Crippen LogP contribution in [0.5, 0.6) is 0 Å². The Balaban J connectivity index is 0. The van der Waals surface area contributed by atoms with E-state index in [9.17, 15) is 19.2 Å². The van der Waals surface area contributed by atoms with Gasteiger partial charge in [0.15, 0.2) is 5.60 Å². The predicted octanol–water partition coefficient (Wildman–Crippen LogP) is -1.72. The molecule has 6 N–H and O–H groups in total. The van der Waals surface area contributed by atoms with Gasteiger partial charge < -0.3 is 35.1 Å². The van der Waals surface area contributed by atoms with Gasteiger partial charge in [-0.2, -0.15) is 0 Å². The Kier molecular flexibility index (Phi) is 9.81. The molecule has 0 amide bonds. The smallest absolute Gasteiger partial charge is 0.336 e. The molecule has 140 valence electrons. The van der Waals surface area contributed by atoms with E-state index in [1.807, 2.05) is 21.1 Å². The van der Waals surface area contributed by atoms with Gasteiger partial charge in [0.2, 0.25) is 0 Å². The lowest BCUT2D eigenvalue weighted by atomic mass is 9.96.